The van der Waals surface area contributed by atoms with E-state index in [1.807, 2.05) is 13.8 Å². The Morgan fingerprint density at radius 3 is 2.18 bits per heavy atom. The zero-order valence-electron chi connectivity index (χ0n) is 11.5. The third kappa shape index (κ3) is 11.8. The van der Waals surface area contributed by atoms with Crippen LogP contribution in [0.15, 0.2) is 0 Å². The van der Waals surface area contributed by atoms with Crippen LogP contribution in [0.3, 0.4) is 0 Å². The van der Waals surface area contributed by atoms with Gasteiger partial charge in [0.2, 0.25) is 0 Å². The highest BCUT2D eigenvalue weighted by atomic mass is 16.7. The first-order chi connectivity index (χ1) is 7.98. The van der Waals surface area contributed by atoms with Gasteiger partial charge >= 0.3 is 0 Å². The molecule has 17 heavy (non-hydrogen) atoms. The molecule has 0 aromatic heterocycles. The number of hydrogen-bond donors (Lipinski definition) is 0. The second-order valence-corrected chi connectivity index (χ2v) is 5.30. The smallest absolute Gasteiger partial charge is 0.146 e. The minimum atomic E-state index is -0.325. The molecule has 0 N–H and O–H groups in total. The predicted molar refractivity (Wildman–Crippen MR) is 66.9 cm³/mol. The molecular formula is C13H26O4. The van der Waals surface area contributed by atoms with Crippen LogP contribution in [0.2, 0.25) is 0 Å². The molecule has 4 nitrogen and oxygen atoms in total. The molecule has 1 heterocycles. The van der Waals surface area contributed by atoms with E-state index in [0.717, 1.165) is 32.5 Å². The van der Waals surface area contributed by atoms with Gasteiger partial charge in [0.25, 0.3) is 0 Å². The standard InChI is InChI=1S/C9H18O2.C4H8O2/c1-8(2)5-11-7-9(3,4)6-10;1-2-5-4-6-3-1/h6,8H,5,7H2,1-4H3;1-4H2. The third-order valence-electron chi connectivity index (χ3n) is 1.99. The van der Waals surface area contributed by atoms with E-state index in [1.54, 1.807) is 0 Å². The van der Waals surface area contributed by atoms with Crippen molar-refractivity contribution in [3.05, 3.63) is 0 Å². The number of hydrogen-bond acceptors (Lipinski definition) is 4. The summed E-state index contributed by atoms with van der Waals surface area (Å²) in [5.41, 5.74) is -0.325. The molecule has 1 saturated heterocycles. The first-order valence-electron chi connectivity index (χ1n) is 6.17. The Balaban J connectivity index is 0.000000354. The highest BCUT2D eigenvalue weighted by molar-refractivity contribution is 5.57. The fraction of sp³-hybridized carbons (Fsp3) is 0.923. The summed E-state index contributed by atoms with van der Waals surface area (Å²) in [7, 11) is 0. The van der Waals surface area contributed by atoms with Gasteiger partial charge in [-0.1, -0.05) is 27.7 Å². The molecule has 1 aliphatic rings. The Bertz CT molecular complexity index is 174. The summed E-state index contributed by atoms with van der Waals surface area (Å²) in [6.07, 6.45) is 1.99. The topological polar surface area (TPSA) is 44.8 Å². The summed E-state index contributed by atoms with van der Waals surface area (Å²) in [5.74, 6) is 0.539. The van der Waals surface area contributed by atoms with E-state index in [0.29, 0.717) is 19.3 Å². The van der Waals surface area contributed by atoms with Gasteiger partial charge in [-0.3, -0.25) is 0 Å². The van der Waals surface area contributed by atoms with Gasteiger partial charge in [0.05, 0.1) is 19.8 Å². The number of rotatable bonds is 5. The monoisotopic (exact) mass is 246 g/mol. The lowest BCUT2D eigenvalue weighted by atomic mass is 9.98. The van der Waals surface area contributed by atoms with Crippen LogP contribution < -0.4 is 0 Å². The van der Waals surface area contributed by atoms with Crippen LogP contribution in [-0.2, 0) is 19.0 Å². The molecule has 0 amide bonds. The van der Waals surface area contributed by atoms with Crippen molar-refractivity contribution in [1.82, 2.24) is 0 Å². The minimum Gasteiger partial charge on any atom is -0.380 e. The molecule has 0 spiro atoms. The molecule has 0 aromatic rings. The summed E-state index contributed by atoms with van der Waals surface area (Å²) in [4.78, 5) is 10.4. The second kappa shape index (κ2) is 9.57. The average molecular weight is 246 g/mol. The summed E-state index contributed by atoms with van der Waals surface area (Å²) in [6, 6.07) is 0. The normalized spacial score (nSPS) is 16.3. The van der Waals surface area contributed by atoms with Crippen molar-refractivity contribution in [2.24, 2.45) is 11.3 Å². The molecule has 0 bridgehead atoms. The van der Waals surface area contributed by atoms with Gasteiger partial charge in [-0.25, -0.2) is 0 Å². The number of carbonyl (C=O) groups is 1. The number of aldehydes is 1. The lowest BCUT2D eigenvalue weighted by Crippen LogP contribution is -2.22. The van der Waals surface area contributed by atoms with Crippen LogP contribution in [0, 0.1) is 11.3 Å². The summed E-state index contributed by atoms with van der Waals surface area (Å²) in [6.45, 7) is 11.4. The molecule has 102 valence electrons. The maximum absolute atomic E-state index is 10.4. The van der Waals surface area contributed by atoms with Crippen LogP contribution in [0.4, 0.5) is 0 Å². The minimum absolute atomic E-state index is 0.325. The van der Waals surface area contributed by atoms with Gasteiger partial charge in [0.1, 0.15) is 13.1 Å². The van der Waals surface area contributed by atoms with E-state index >= 15 is 0 Å². The summed E-state index contributed by atoms with van der Waals surface area (Å²) >= 11 is 0. The van der Waals surface area contributed by atoms with Gasteiger partial charge in [-0.2, -0.15) is 0 Å². The zero-order chi connectivity index (χ0) is 13.1. The Hall–Kier alpha value is -0.450. The average Bonchev–Trinajstić information content (AvgIpc) is 2.31. The van der Waals surface area contributed by atoms with Gasteiger partial charge < -0.3 is 19.0 Å². The van der Waals surface area contributed by atoms with Crippen molar-refractivity contribution in [1.29, 1.82) is 0 Å². The van der Waals surface area contributed by atoms with Crippen LogP contribution in [0.1, 0.15) is 34.1 Å². The van der Waals surface area contributed by atoms with Crippen molar-refractivity contribution in [3.8, 4) is 0 Å². The number of ether oxygens (including phenoxy) is 3. The first-order valence-corrected chi connectivity index (χ1v) is 6.17. The molecule has 0 saturated carbocycles. The van der Waals surface area contributed by atoms with Crippen LogP contribution >= 0.6 is 0 Å². The highest BCUT2D eigenvalue weighted by Gasteiger charge is 2.16. The largest absolute Gasteiger partial charge is 0.380 e. The fourth-order valence-electron chi connectivity index (χ4n) is 1.03. The Kier molecular flexibility index (Phi) is 9.31. The molecule has 0 aliphatic carbocycles. The maximum atomic E-state index is 10.4. The maximum Gasteiger partial charge on any atom is 0.146 e. The molecule has 0 unspecified atom stereocenters. The first kappa shape index (κ1) is 16.6. The van der Waals surface area contributed by atoms with Crippen molar-refractivity contribution < 1.29 is 19.0 Å². The fourth-order valence-corrected chi connectivity index (χ4v) is 1.03. The van der Waals surface area contributed by atoms with Crippen LogP contribution in [-0.4, -0.2) is 39.5 Å². The molecule has 1 aliphatic heterocycles. The van der Waals surface area contributed by atoms with Gasteiger partial charge in [0.15, 0.2) is 0 Å². The molecule has 0 aromatic carbocycles. The molecular weight excluding hydrogens is 220 g/mol. The lowest BCUT2D eigenvalue weighted by molar-refractivity contribution is -0.117. The predicted octanol–water partition coefficient (Wildman–Crippen LogP) is 2.26. The Morgan fingerprint density at radius 2 is 1.88 bits per heavy atom. The Labute approximate surface area is 105 Å². The quantitative estimate of drug-likeness (QED) is 0.698. The Morgan fingerprint density at radius 1 is 1.29 bits per heavy atom. The van der Waals surface area contributed by atoms with Gasteiger partial charge in [0, 0.05) is 12.0 Å². The zero-order valence-corrected chi connectivity index (χ0v) is 11.5. The second-order valence-electron chi connectivity index (χ2n) is 5.30. The molecule has 0 atom stereocenters. The summed E-state index contributed by atoms with van der Waals surface area (Å²) < 4.78 is 15.0. The summed E-state index contributed by atoms with van der Waals surface area (Å²) in [5, 5.41) is 0. The lowest BCUT2D eigenvalue weighted by Gasteiger charge is -2.17. The highest BCUT2D eigenvalue weighted by Crippen LogP contribution is 2.11. The van der Waals surface area contributed by atoms with E-state index in [9.17, 15) is 4.79 Å². The van der Waals surface area contributed by atoms with E-state index in [4.69, 9.17) is 14.2 Å². The van der Waals surface area contributed by atoms with E-state index < -0.39 is 0 Å². The SMILES string of the molecule is C1COCOC1.CC(C)COCC(C)(C)C=O. The van der Waals surface area contributed by atoms with Crippen LogP contribution in [0.25, 0.3) is 0 Å². The molecule has 4 heteroatoms. The van der Waals surface area contributed by atoms with Crippen molar-refractivity contribution in [3.63, 3.8) is 0 Å². The van der Waals surface area contributed by atoms with E-state index in [-0.39, 0.29) is 5.41 Å². The van der Waals surface area contributed by atoms with Crippen molar-refractivity contribution in [2.75, 3.05) is 33.2 Å². The van der Waals surface area contributed by atoms with Crippen molar-refractivity contribution >= 4 is 6.29 Å². The van der Waals surface area contributed by atoms with Gasteiger partial charge in [-0.05, 0) is 12.3 Å². The van der Waals surface area contributed by atoms with Gasteiger partial charge in [-0.15, -0.1) is 0 Å². The number of carbonyl (C=O) groups excluding carboxylic acids is 1. The van der Waals surface area contributed by atoms with E-state index in [2.05, 4.69) is 13.8 Å². The molecule has 1 rings (SSSR count). The molecule has 0 radical (unpaired) electrons. The third-order valence-corrected chi connectivity index (χ3v) is 1.99. The van der Waals surface area contributed by atoms with Crippen LogP contribution in [0.5, 0.6) is 0 Å². The molecule has 1 fully saturated rings. The van der Waals surface area contributed by atoms with E-state index in [1.165, 1.54) is 0 Å². The van der Waals surface area contributed by atoms with Crippen molar-refractivity contribution in [2.45, 2.75) is 34.1 Å².